The molecule has 3 heterocycles. The summed E-state index contributed by atoms with van der Waals surface area (Å²) in [7, 11) is 0. The van der Waals surface area contributed by atoms with E-state index in [0.29, 0.717) is 13.1 Å². The fourth-order valence-electron chi connectivity index (χ4n) is 5.31. The highest BCUT2D eigenvalue weighted by Gasteiger charge is 2.32. The Labute approximate surface area is 218 Å². The van der Waals surface area contributed by atoms with Crippen LogP contribution in [0.1, 0.15) is 30.0 Å². The van der Waals surface area contributed by atoms with Crippen molar-refractivity contribution >= 4 is 17.5 Å². The van der Waals surface area contributed by atoms with Crippen molar-refractivity contribution in [1.82, 2.24) is 24.7 Å². The van der Waals surface area contributed by atoms with Crippen molar-refractivity contribution in [3.8, 4) is 0 Å². The molecule has 1 saturated heterocycles. The minimum atomic E-state index is -0.605. The van der Waals surface area contributed by atoms with E-state index in [1.165, 1.54) is 11.1 Å². The van der Waals surface area contributed by atoms with E-state index >= 15 is 0 Å². The van der Waals surface area contributed by atoms with Gasteiger partial charge in [0.2, 0.25) is 5.91 Å². The number of fused-ring (bicyclic) bond motifs is 1. The van der Waals surface area contributed by atoms with Crippen molar-refractivity contribution in [3.63, 3.8) is 0 Å². The minimum absolute atomic E-state index is 0.0635. The van der Waals surface area contributed by atoms with Crippen molar-refractivity contribution in [2.24, 2.45) is 0 Å². The summed E-state index contributed by atoms with van der Waals surface area (Å²) in [4.78, 5) is 37.2. The molecule has 8 heteroatoms. The molecule has 1 atom stereocenters. The number of nitrogens with one attached hydrogen (secondary N) is 1. The maximum Gasteiger partial charge on any atom is 0.250 e. The molecule has 2 aliphatic rings. The second-order valence-electron chi connectivity index (χ2n) is 9.91. The van der Waals surface area contributed by atoms with E-state index < -0.39 is 6.04 Å². The van der Waals surface area contributed by atoms with E-state index in [4.69, 9.17) is 0 Å². The zero-order valence-corrected chi connectivity index (χ0v) is 21.3. The molecule has 0 spiro atoms. The molecule has 0 bridgehead atoms. The van der Waals surface area contributed by atoms with Crippen LogP contribution in [0.15, 0.2) is 73.3 Å². The fraction of sp³-hybridized carbons (Fsp3) is 0.414. The van der Waals surface area contributed by atoms with Gasteiger partial charge in [-0.15, -0.1) is 0 Å². The van der Waals surface area contributed by atoms with Crippen molar-refractivity contribution in [2.75, 3.05) is 50.7 Å². The number of aromatic nitrogens is 2. The molecule has 1 fully saturated rings. The molecular weight excluding hydrogens is 464 g/mol. The molecule has 0 saturated carbocycles. The van der Waals surface area contributed by atoms with Crippen LogP contribution in [0.2, 0.25) is 0 Å². The molecule has 0 radical (unpaired) electrons. The van der Waals surface area contributed by atoms with Crippen LogP contribution in [-0.2, 0) is 22.6 Å². The number of anilines is 1. The number of piperazine rings is 1. The molecule has 2 amide bonds. The lowest BCUT2D eigenvalue weighted by atomic mass is 10.1. The zero-order valence-electron chi connectivity index (χ0n) is 21.3. The summed E-state index contributed by atoms with van der Waals surface area (Å²) in [6.07, 6.45) is 6.87. The first-order valence-corrected chi connectivity index (χ1v) is 13.3. The average molecular weight is 501 g/mol. The van der Waals surface area contributed by atoms with Gasteiger partial charge in [-0.05, 0) is 36.6 Å². The smallest absolute Gasteiger partial charge is 0.250 e. The lowest BCUT2D eigenvalue weighted by Gasteiger charge is -2.34. The molecular formula is C29H36N6O2. The largest absolute Gasteiger partial charge is 0.356 e. The number of carbonyl (C=O) groups is 2. The number of hydrogen-bond acceptors (Lipinski definition) is 5. The Morgan fingerprint density at radius 2 is 1.68 bits per heavy atom. The predicted octanol–water partition coefficient (Wildman–Crippen LogP) is 2.73. The summed E-state index contributed by atoms with van der Waals surface area (Å²) < 4.78 is 1.75. The lowest BCUT2D eigenvalue weighted by molar-refractivity contribution is -0.128. The molecule has 194 valence electrons. The molecule has 0 aliphatic carbocycles. The summed E-state index contributed by atoms with van der Waals surface area (Å²) in [5.41, 5.74) is 3.48. The van der Waals surface area contributed by atoms with Crippen LogP contribution in [0, 0.1) is 0 Å². The van der Waals surface area contributed by atoms with Crippen molar-refractivity contribution in [2.45, 2.75) is 31.8 Å². The number of para-hydroxylation sites is 1. The van der Waals surface area contributed by atoms with Crippen molar-refractivity contribution < 1.29 is 9.59 Å². The monoisotopic (exact) mass is 500 g/mol. The summed E-state index contributed by atoms with van der Waals surface area (Å²) in [6.45, 7) is 7.46. The minimum Gasteiger partial charge on any atom is -0.356 e. The molecule has 1 aromatic heterocycles. The second kappa shape index (κ2) is 12.2. The zero-order chi connectivity index (χ0) is 25.5. The van der Waals surface area contributed by atoms with Crippen LogP contribution in [0.3, 0.4) is 0 Å². The number of carbonyl (C=O) groups excluding carboxylic acids is 2. The van der Waals surface area contributed by atoms with Gasteiger partial charge in [-0.1, -0.05) is 48.5 Å². The Bertz CT molecular complexity index is 1160. The fourth-order valence-corrected chi connectivity index (χ4v) is 5.31. The van der Waals surface area contributed by atoms with Gasteiger partial charge < -0.3 is 19.7 Å². The maximum atomic E-state index is 13.5. The highest BCUT2D eigenvalue weighted by atomic mass is 16.2. The number of hydrogen-bond donors (Lipinski definition) is 1. The van der Waals surface area contributed by atoms with Crippen molar-refractivity contribution in [1.29, 1.82) is 0 Å². The van der Waals surface area contributed by atoms with E-state index in [0.717, 1.165) is 57.8 Å². The highest BCUT2D eigenvalue weighted by molar-refractivity contribution is 6.00. The Balaban J connectivity index is 1.06. The Morgan fingerprint density at radius 3 is 2.46 bits per heavy atom. The van der Waals surface area contributed by atoms with Crippen LogP contribution in [0.5, 0.6) is 0 Å². The van der Waals surface area contributed by atoms with Crippen LogP contribution in [-0.4, -0.2) is 77.0 Å². The van der Waals surface area contributed by atoms with Gasteiger partial charge in [-0.25, -0.2) is 4.98 Å². The van der Waals surface area contributed by atoms with Crippen LogP contribution < -0.4 is 10.2 Å². The maximum absolute atomic E-state index is 13.5. The number of rotatable bonds is 10. The first kappa shape index (κ1) is 25.2. The Kier molecular flexibility index (Phi) is 8.28. The summed E-state index contributed by atoms with van der Waals surface area (Å²) in [5, 5.41) is 3.04. The molecule has 5 rings (SSSR count). The lowest BCUT2D eigenvalue weighted by Crippen LogP contribution is -2.46. The number of amides is 2. The quantitative estimate of drug-likeness (QED) is 0.434. The Morgan fingerprint density at radius 1 is 0.919 bits per heavy atom. The summed E-state index contributed by atoms with van der Waals surface area (Å²) in [5.74, 6) is -0.168. The van der Waals surface area contributed by atoms with Gasteiger partial charge in [0.15, 0.2) is 0 Å². The van der Waals surface area contributed by atoms with E-state index in [1.54, 1.807) is 23.3 Å². The highest BCUT2D eigenvalue weighted by Crippen LogP contribution is 2.30. The van der Waals surface area contributed by atoms with Crippen LogP contribution >= 0.6 is 0 Å². The van der Waals surface area contributed by atoms with Crippen molar-refractivity contribution in [3.05, 3.63) is 84.4 Å². The third-order valence-electron chi connectivity index (χ3n) is 7.39. The van der Waals surface area contributed by atoms with Crippen LogP contribution in [0.25, 0.3) is 0 Å². The standard InChI is InChI=1S/C29H36N6O2/c36-28(31-12-6-14-32-17-19-33(20-18-32)22-24-7-2-1-3-8-24)21-27(34-16-13-30-23-34)29(37)35-15-11-25-9-4-5-10-26(25)35/h1-5,7-10,13,16,23,27H,6,11-12,14-15,17-22H2,(H,31,36)/t27-/m1/s1. The molecule has 1 N–H and O–H groups in total. The van der Waals surface area contributed by atoms with Gasteiger partial charge in [-0.2, -0.15) is 0 Å². The molecule has 2 aliphatic heterocycles. The predicted molar refractivity (Wildman–Crippen MR) is 144 cm³/mol. The summed E-state index contributed by atoms with van der Waals surface area (Å²) in [6, 6.07) is 18.0. The van der Waals surface area contributed by atoms with Gasteiger partial charge >= 0.3 is 0 Å². The normalized spacial score (nSPS) is 16.9. The van der Waals surface area contributed by atoms with Gasteiger partial charge in [-0.3, -0.25) is 14.5 Å². The van der Waals surface area contributed by atoms with E-state index in [-0.39, 0.29) is 18.2 Å². The Hall–Kier alpha value is -3.49. The second-order valence-corrected chi connectivity index (χ2v) is 9.91. The number of nitrogens with zero attached hydrogens (tertiary/aromatic N) is 5. The van der Waals surface area contributed by atoms with E-state index in [9.17, 15) is 9.59 Å². The third-order valence-corrected chi connectivity index (χ3v) is 7.39. The van der Waals surface area contributed by atoms with Gasteiger partial charge in [0.05, 0.1) is 12.7 Å². The first-order chi connectivity index (χ1) is 18.2. The molecule has 37 heavy (non-hydrogen) atoms. The molecule has 3 aromatic rings. The molecule has 0 unspecified atom stereocenters. The molecule has 8 nitrogen and oxygen atoms in total. The average Bonchev–Trinajstić information content (AvgIpc) is 3.61. The van der Waals surface area contributed by atoms with Gasteiger partial charge in [0, 0.05) is 63.9 Å². The molecule has 2 aromatic carbocycles. The van der Waals surface area contributed by atoms with Gasteiger partial charge in [0.25, 0.3) is 5.91 Å². The van der Waals surface area contributed by atoms with Crippen LogP contribution in [0.4, 0.5) is 5.69 Å². The SMILES string of the molecule is O=C(C[C@H](C(=O)N1CCc2ccccc21)n1ccnc1)NCCCN1CCN(Cc2ccccc2)CC1. The first-order valence-electron chi connectivity index (χ1n) is 13.3. The number of benzene rings is 2. The van der Waals surface area contributed by atoms with Gasteiger partial charge in [0.1, 0.15) is 6.04 Å². The number of imidazole rings is 1. The topological polar surface area (TPSA) is 73.7 Å². The summed E-state index contributed by atoms with van der Waals surface area (Å²) >= 11 is 0. The van der Waals surface area contributed by atoms with E-state index in [1.807, 2.05) is 23.1 Å². The third kappa shape index (κ3) is 6.45. The van der Waals surface area contributed by atoms with E-state index in [2.05, 4.69) is 56.5 Å².